The van der Waals surface area contributed by atoms with Crippen molar-refractivity contribution >= 4 is 5.91 Å². The van der Waals surface area contributed by atoms with Crippen molar-refractivity contribution in [3.8, 4) is 0 Å². The summed E-state index contributed by atoms with van der Waals surface area (Å²) in [7, 11) is 0. The van der Waals surface area contributed by atoms with Gasteiger partial charge in [-0.15, -0.1) is 0 Å². The molecule has 0 radical (unpaired) electrons. The van der Waals surface area contributed by atoms with E-state index in [9.17, 15) is 4.79 Å². The molecule has 0 aromatic heterocycles. The molecule has 0 saturated carbocycles. The van der Waals surface area contributed by atoms with Crippen molar-refractivity contribution in [1.29, 1.82) is 0 Å². The number of hydrogen-bond donors (Lipinski definition) is 1. The van der Waals surface area contributed by atoms with Crippen molar-refractivity contribution in [2.75, 3.05) is 13.1 Å². The van der Waals surface area contributed by atoms with Gasteiger partial charge in [0.25, 0.3) is 0 Å². The molecule has 3 nitrogen and oxygen atoms in total. The van der Waals surface area contributed by atoms with Gasteiger partial charge in [-0.05, 0) is 25.8 Å². The Morgan fingerprint density at radius 3 is 2.50 bits per heavy atom. The normalized spacial score (nSPS) is 22.0. The van der Waals surface area contributed by atoms with Gasteiger partial charge in [-0.2, -0.15) is 0 Å². The Morgan fingerprint density at radius 1 is 1.58 bits per heavy atom. The highest BCUT2D eigenvalue weighted by atomic mass is 16.2. The number of carbonyl (C=O) groups excluding carboxylic acids is 1. The van der Waals surface area contributed by atoms with Gasteiger partial charge in [-0.3, -0.25) is 4.79 Å². The minimum Gasteiger partial charge on any atom is -0.339 e. The zero-order valence-electron chi connectivity index (χ0n) is 7.55. The molecule has 2 N–H and O–H groups in total. The highest BCUT2D eigenvalue weighted by Crippen LogP contribution is 2.18. The van der Waals surface area contributed by atoms with E-state index in [-0.39, 0.29) is 11.4 Å². The van der Waals surface area contributed by atoms with E-state index in [0.717, 1.165) is 25.9 Å². The standard InChI is InChI=1S/C9H16N2O/c1-3-8(12)11-6-4-9(2,10)5-7-11/h3H,1,4-7,10H2,2H3. The number of rotatable bonds is 1. The van der Waals surface area contributed by atoms with Gasteiger partial charge in [0.15, 0.2) is 0 Å². The molecule has 1 aliphatic heterocycles. The molecule has 68 valence electrons. The second-order valence-electron chi connectivity index (χ2n) is 3.68. The fourth-order valence-electron chi connectivity index (χ4n) is 1.37. The summed E-state index contributed by atoms with van der Waals surface area (Å²) < 4.78 is 0. The van der Waals surface area contributed by atoms with E-state index < -0.39 is 0 Å². The van der Waals surface area contributed by atoms with Crippen molar-refractivity contribution in [2.24, 2.45) is 5.73 Å². The van der Waals surface area contributed by atoms with Gasteiger partial charge in [0.05, 0.1) is 0 Å². The van der Waals surface area contributed by atoms with Gasteiger partial charge in [-0.1, -0.05) is 6.58 Å². The molecule has 0 bridgehead atoms. The van der Waals surface area contributed by atoms with E-state index in [1.165, 1.54) is 6.08 Å². The minimum atomic E-state index is -0.0854. The van der Waals surface area contributed by atoms with Crippen LogP contribution in [0, 0.1) is 0 Å². The lowest BCUT2D eigenvalue weighted by Crippen LogP contribution is -2.49. The summed E-state index contributed by atoms with van der Waals surface area (Å²) in [5, 5.41) is 0. The number of amides is 1. The predicted octanol–water partition coefficient (Wildman–Crippen LogP) is 0.512. The van der Waals surface area contributed by atoms with Gasteiger partial charge in [0.2, 0.25) is 5.91 Å². The Kier molecular flexibility index (Phi) is 2.52. The molecule has 1 heterocycles. The Labute approximate surface area is 73.2 Å². The molecule has 0 aromatic rings. The van der Waals surface area contributed by atoms with E-state index in [1.807, 2.05) is 6.92 Å². The zero-order chi connectivity index (χ0) is 9.19. The number of nitrogens with zero attached hydrogens (tertiary/aromatic N) is 1. The first kappa shape index (κ1) is 9.26. The highest BCUT2D eigenvalue weighted by Gasteiger charge is 2.26. The third kappa shape index (κ3) is 2.08. The molecule has 3 heteroatoms. The van der Waals surface area contributed by atoms with Crippen molar-refractivity contribution < 1.29 is 4.79 Å². The largest absolute Gasteiger partial charge is 0.339 e. The van der Waals surface area contributed by atoms with Crippen molar-refractivity contribution in [3.63, 3.8) is 0 Å². The van der Waals surface area contributed by atoms with Crippen LogP contribution < -0.4 is 5.73 Å². The van der Waals surface area contributed by atoms with Crippen LogP contribution in [0.3, 0.4) is 0 Å². The first-order valence-corrected chi connectivity index (χ1v) is 4.25. The topological polar surface area (TPSA) is 46.3 Å². The second kappa shape index (κ2) is 3.27. The van der Waals surface area contributed by atoms with Crippen LogP contribution in [-0.4, -0.2) is 29.4 Å². The SMILES string of the molecule is C=CC(=O)N1CCC(C)(N)CC1. The van der Waals surface area contributed by atoms with Gasteiger partial charge < -0.3 is 10.6 Å². The van der Waals surface area contributed by atoms with Crippen LogP contribution in [0.25, 0.3) is 0 Å². The fourth-order valence-corrected chi connectivity index (χ4v) is 1.37. The Bertz CT molecular complexity index is 189. The molecule has 0 unspecified atom stereocenters. The van der Waals surface area contributed by atoms with E-state index in [0.29, 0.717) is 0 Å². The lowest BCUT2D eigenvalue weighted by atomic mass is 9.91. The molecule has 0 aliphatic carbocycles. The molecule has 1 rings (SSSR count). The van der Waals surface area contributed by atoms with Crippen LogP contribution in [0.15, 0.2) is 12.7 Å². The third-order valence-corrected chi connectivity index (χ3v) is 2.39. The molecule has 1 aliphatic rings. The molecule has 0 spiro atoms. The minimum absolute atomic E-state index is 0.0190. The molecular weight excluding hydrogens is 152 g/mol. The van der Waals surface area contributed by atoms with Crippen molar-refractivity contribution in [2.45, 2.75) is 25.3 Å². The molecule has 12 heavy (non-hydrogen) atoms. The summed E-state index contributed by atoms with van der Waals surface area (Å²) in [5.41, 5.74) is 5.83. The fraction of sp³-hybridized carbons (Fsp3) is 0.667. The average Bonchev–Trinajstić information content (AvgIpc) is 2.03. The second-order valence-corrected chi connectivity index (χ2v) is 3.68. The van der Waals surface area contributed by atoms with Gasteiger partial charge in [0, 0.05) is 18.6 Å². The van der Waals surface area contributed by atoms with Crippen LogP contribution >= 0.6 is 0 Å². The first-order chi connectivity index (χ1) is 5.55. The predicted molar refractivity (Wildman–Crippen MR) is 48.6 cm³/mol. The zero-order valence-corrected chi connectivity index (χ0v) is 7.55. The monoisotopic (exact) mass is 168 g/mol. The van der Waals surface area contributed by atoms with E-state index in [2.05, 4.69) is 6.58 Å². The number of carbonyl (C=O) groups is 1. The molecular formula is C9H16N2O. The summed E-state index contributed by atoms with van der Waals surface area (Å²) in [6.45, 7) is 7.00. The maximum absolute atomic E-state index is 11.1. The van der Waals surface area contributed by atoms with Crippen LogP contribution in [0.5, 0.6) is 0 Å². The number of likely N-dealkylation sites (tertiary alicyclic amines) is 1. The smallest absolute Gasteiger partial charge is 0.245 e. The number of nitrogens with two attached hydrogens (primary N) is 1. The van der Waals surface area contributed by atoms with Gasteiger partial charge in [0.1, 0.15) is 0 Å². The van der Waals surface area contributed by atoms with Gasteiger partial charge in [-0.25, -0.2) is 0 Å². The molecule has 1 saturated heterocycles. The van der Waals surface area contributed by atoms with Crippen molar-refractivity contribution in [3.05, 3.63) is 12.7 Å². The summed E-state index contributed by atoms with van der Waals surface area (Å²) in [6.07, 6.45) is 3.12. The Morgan fingerprint density at radius 2 is 2.08 bits per heavy atom. The maximum atomic E-state index is 11.1. The Balaban J connectivity index is 2.46. The van der Waals surface area contributed by atoms with E-state index >= 15 is 0 Å². The molecule has 1 amide bonds. The van der Waals surface area contributed by atoms with Crippen LogP contribution in [0.4, 0.5) is 0 Å². The molecule has 0 atom stereocenters. The third-order valence-electron chi connectivity index (χ3n) is 2.39. The number of piperidine rings is 1. The lowest BCUT2D eigenvalue weighted by Gasteiger charge is -2.36. The summed E-state index contributed by atoms with van der Waals surface area (Å²) in [4.78, 5) is 12.9. The van der Waals surface area contributed by atoms with E-state index in [1.54, 1.807) is 4.90 Å². The quantitative estimate of drug-likeness (QED) is 0.580. The highest BCUT2D eigenvalue weighted by molar-refractivity contribution is 5.87. The van der Waals surface area contributed by atoms with Crippen molar-refractivity contribution in [1.82, 2.24) is 4.90 Å². The maximum Gasteiger partial charge on any atom is 0.245 e. The molecule has 0 aromatic carbocycles. The summed E-state index contributed by atoms with van der Waals surface area (Å²) >= 11 is 0. The van der Waals surface area contributed by atoms with E-state index in [4.69, 9.17) is 5.73 Å². The first-order valence-electron chi connectivity index (χ1n) is 4.25. The van der Waals surface area contributed by atoms with Crippen LogP contribution in [0.1, 0.15) is 19.8 Å². The summed E-state index contributed by atoms with van der Waals surface area (Å²) in [6, 6.07) is 0. The Hall–Kier alpha value is -0.830. The number of hydrogen-bond acceptors (Lipinski definition) is 2. The lowest BCUT2D eigenvalue weighted by molar-refractivity contribution is -0.127. The average molecular weight is 168 g/mol. The van der Waals surface area contributed by atoms with Crippen LogP contribution in [-0.2, 0) is 4.79 Å². The summed E-state index contributed by atoms with van der Waals surface area (Å²) in [5.74, 6) is 0.0190. The van der Waals surface area contributed by atoms with Crippen LogP contribution in [0.2, 0.25) is 0 Å². The molecule has 1 fully saturated rings. The van der Waals surface area contributed by atoms with Gasteiger partial charge >= 0.3 is 0 Å².